The zero-order valence-electron chi connectivity index (χ0n) is 13.8. The van der Waals surface area contributed by atoms with Crippen LogP contribution >= 0.6 is 12.4 Å². The van der Waals surface area contributed by atoms with Crippen molar-refractivity contribution >= 4 is 12.4 Å². The molecule has 1 fully saturated rings. The van der Waals surface area contributed by atoms with Crippen LogP contribution in [0.25, 0.3) is 0 Å². The fourth-order valence-electron chi connectivity index (χ4n) is 2.63. The molecule has 1 N–H and O–H groups in total. The summed E-state index contributed by atoms with van der Waals surface area (Å²) >= 11 is 0. The van der Waals surface area contributed by atoms with E-state index in [1.54, 1.807) is 0 Å². The van der Waals surface area contributed by atoms with Gasteiger partial charge in [0.15, 0.2) is 0 Å². The topological polar surface area (TPSA) is 33.7 Å². The number of hydrazine groups is 1. The molecule has 0 bridgehead atoms. The monoisotopic (exact) mass is 348 g/mol. The summed E-state index contributed by atoms with van der Waals surface area (Å²) in [6.07, 6.45) is 0.958. The molecule has 1 saturated heterocycles. The Labute approximate surface area is 150 Å². The SMILES string of the molecule is Cl.c1ccc(Cc2ccc(OCCNN3CCOCC3)cc2)cc1. The van der Waals surface area contributed by atoms with Gasteiger partial charge in [0.2, 0.25) is 0 Å². The van der Waals surface area contributed by atoms with Crippen LogP contribution in [-0.2, 0) is 11.2 Å². The molecule has 0 atom stereocenters. The number of hydrogen-bond donors (Lipinski definition) is 1. The molecule has 0 aromatic heterocycles. The Morgan fingerprint density at radius 3 is 2.29 bits per heavy atom. The zero-order chi connectivity index (χ0) is 15.7. The van der Waals surface area contributed by atoms with Crippen LogP contribution < -0.4 is 10.2 Å². The molecule has 0 radical (unpaired) electrons. The predicted molar refractivity (Wildman–Crippen MR) is 98.8 cm³/mol. The molecule has 4 nitrogen and oxygen atoms in total. The van der Waals surface area contributed by atoms with Crippen molar-refractivity contribution in [1.82, 2.24) is 10.4 Å². The second-order valence-corrected chi connectivity index (χ2v) is 5.66. The maximum Gasteiger partial charge on any atom is 0.119 e. The first kappa shape index (κ1) is 18.7. The van der Waals surface area contributed by atoms with E-state index in [-0.39, 0.29) is 12.4 Å². The van der Waals surface area contributed by atoms with Gasteiger partial charge in [0, 0.05) is 19.6 Å². The van der Waals surface area contributed by atoms with E-state index < -0.39 is 0 Å². The highest BCUT2D eigenvalue weighted by Crippen LogP contribution is 2.15. The number of nitrogens with zero attached hydrogens (tertiary/aromatic N) is 1. The molecule has 2 aromatic carbocycles. The number of benzene rings is 2. The van der Waals surface area contributed by atoms with Crippen LogP contribution in [0.15, 0.2) is 54.6 Å². The van der Waals surface area contributed by atoms with E-state index in [9.17, 15) is 0 Å². The Balaban J connectivity index is 0.00000208. The minimum atomic E-state index is 0. The lowest BCUT2D eigenvalue weighted by Gasteiger charge is -2.27. The molecule has 5 heteroatoms. The van der Waals surface area contributed by atoms with Crippen LogP contribution in [0.3, 0.4) is 0 Å². The van der Waals surface area contributed by atoms with Gasteiger partial charge in [0.05, 0.1) is 13.2 Å². The maximum atomic E-state index is 5.78. The zero-order valence-corrected chi connectivity index (χ0v) is 14.6. The van der Waals surface area contributed by atoms with Crippen molar-refractivity contribution in [1.29, 1.82) is 0 Å². The smallest absolute Gasteiger partial charge is 0.119 e. The Morgan fingerprint density at radius 2 is 1.58 bits per heavy atom. The van der Waals surface area contributed by atoms with Crippen LogP contribution in [-0.4, -0.2) is 44.5 Å². The lowest BCUT2D eigenvalue weighted by Crippen LogP contribution is -2.46. The maximum absolute atomic E-state index is 5.78. The number of morpholine rings is 1. The fraction of sp³-hybridized carbons (Fsp3) is 0.368. The van der Waals surface area contributed by atoms with Gasteiger partial charge >= 0.3 is 0 Å². The van der Waals surface area contributed by atoms with Crippen molar-refractivity contribution in [2.75, 3.05) is 39.5 Å². The summed E-state index contributed by atoms with van der Waals surface area (Å²) in [7, 11) is 0. The van der Waals surface area contributed by atoms with Gasteiger partial charge in [0.1, 0.15) is 12.4 Å². The molecule has 130 valence electrons. The molecule has 2 aromatic rings. The van der Waals surface area contributed by atoms with E-state index in [0.717, 1.165) is 45.0 Å². The summed E-state index contributed by atoms with van der Waals surface area (Å²) in [5, 5.41) is 2.19. The average Bonchev–Trinajstić information content (AvgIpc) is 2.62. The van der Waals surface area contributed by atoms with Crippen molar-refractivity contribution < 1.29 is 9.47 Å². The molecule has 0 spiro atoms. The molecular formula is C19H25ClN2O2. The fourth-order valence-corrected chi connectivity index (χ4v) is 2.63. The van der Waals surface area contributed by atoms with Gasteiger partial charge < -0.3 is 9.47 Å². The molecule has 3 rings (SSSR count). The Kier molecular flexibility index (Phi) is 8.05. The second kappa shape index (κ2) is 10.3. The van der Waals surface area contributed by atoms with Gasteiger partial charge in [-0.3, -0.25) is 5.43 Å². The standard InChI is InChI=1S/C19H24N2O2.ClH/c1-2-4-17(5-3-1)16-18-6-8-19(9-7-18)23-13-10-20-21-11-14-22-15-12-21;/h1-9,20H,10-16H2;1H. The highest BCUT2D eigenvalue weighted by atomic mass is 35.5. The quantitative estimate of drug-likeness (QED) is 0.780. The van der Waals surface area contributed by atoms with Crippen molar-refractivity contribution in [3.05, 3.63) is 65.7 Å². The van der Waals surface area contributed by atoms with E-state index in [1.165, 1.54) is 11.1 Å². The first-order valence-corrected chi connectivity index (χ1v) is 8.22. The van der Waals surface area contributed by atoms with Crippen LogP contribution in [0.4, 0.5) is 0 Å². The molecular weight excluding hydrogens is 324 g/mol. The third-order valence-corrected chi connectivity index (χ3v) is 3.89. The van der Waals surface area contributed by atoms with Gasteiger partial charge in [-0.2, -0.15) is 0 Å². The van der Waals surface area contributed by atoms with Crippen molar-refractivity contribution in [2.45, 2.75) is 6.42 Å². The summed E-state index contributed by atoms with van der Waals surface area (Å²) < 4.78 is 11.1. The third kappa shape index (κ3) is 6.13. The molecule has 1 aliphatic heterocycles. The largest absolute Gasteiger partial charge is 0.492 e. The number of hydrogen-bond acceptors (Lipinski definition) is 4. The second-order valence-electron chi connectivity index (χ2n) is 5.66. The van der Waals surface area contributed by atoms with Gasteiger partial charge in [0.25, 0.3) is 0 Å². The minimum absolute atomic E-state index is 0. The summed E-state index contributed by atoms with van der Waals surface area (Å²) in [4.78, 5) is 0. The van der Waals surface area contributed by atoms with Gasteiger partial charge in [-0.25, -0.2) is 5.01 Å². The lowest BCUT2D eigenvalue weighted by molar-refractivity contribution is 0.0101. The van der Waals surface area contributed by atoms with Gasteiger partial charge in [-0.1, -0.05) is 42.5 Å². The molecule has 1 aliphatic rings. The van der Waals surface area contributed by atoms with E-state index in [4.69, 9.17) is 9.47 Å². The van der Waals surface area contributed by atoms with E-state index in [0.29, 0.717) is 6.61 Å². The molecule has 0 unspecified atom stereocenters. The molecule has 0 saturated carbocycles. The summed E-state index contributed by atoms with van der Waals surface area (Å²) in [5.41, 5.74) is 5.99. The summed E-state index contributed by atoms with van der Waals surface area (Å²) in [6, 6.07) is 18.9. The van der Waals surface area contributed by atoms with Crippen LogP contribution in [0.5, 0.6) is 5.75 Å². The number of ether oxygens (including phenoxy) is 2. The normalized spacial score (nSPS) is 14.8. The van der Waals surface area contributed by atoms with Crippen molar-refractivity contribution in [3.8, 4) is 5.75 Å². The van der Waals surface area contributed by atoms with E-state index in [2.05, 4.69) is 46.8 Å². The molecule has 1 heterocycles. The number of halogens is 1. The van der Waals surface area contributed by atoms with Crippen molar-refractivity contribution in [3.63, 3.8) is 0 Å². The minimum Gasteiger partial charge on any atom is -0.492 e. The Bertz CT molecular complexity index is 572. The van der Waals surface area contributed by atoms with Crippen LogP contribution in [0, 0.1) is 0 Å². The number of rotatable bonds is 7. The van der Waals surface area contributed by atoms with Gasteiger partial charge in [-0.05, 0) is 29.7 Å². The number of nitrogens with one attached hydrogen (secondary N) is 1. The Morgan fingerprint density at radius 1 is 0.917 bits per heavy atom. The first-order valence-electron chi connectivity index (χ1n) is 8.22. The van der Waals surface area contributed by atoms with E-state index >= 15 is 0 Å². The lowest BCUT2D eigenvalue weighted by atomic mass is 10.1. The third-order valence-electron chi connectivity index (χ3n) is 3.89. The summed E-state index contributed by atoms with van der Waals surface area (Å²) in [6.45, 7) is 4.96. The highest BCUT2D eigenvalue weighted by molar-refractivity contribution is 5.85. The average molecular weight is 349 g/mol. The van der Waals surface area contributed by atoms with Crippen LogP contribution in [0.1, 0.15) is 11.1 Å². The first-order chi connectivity index (χ1) is 11.4. The highest BCUT2D eigenvalue weighted by Gasteiger charge is 2.08. The Hall–Kier alpha value is -1.59. The molecule has 0 aliphatic carbocycles. The predicted octanol–water partition coefficient (Wildman–Crippen LogP) is 2.91. The summed E-state index contributed by atoms with van der Waals surface area (Å²) in [5.74, 6) is 0.922. The van der Waals surface area contributed by atoms with Gasteiger partial charge in [-0.15, -0.1) is 12.4 Å². The molecule has 0 amide bonds. The van der Waals surface area contributed by atoms with Crippen molar-refractivity contribution in [2.24, 2.45) is 0 Å². The van der Waals surface area contributed by atoms with Crippen LogP contribution in [0.2, 0.25) is 0 Å². The molecule has 24 heavy (non-hydrogen) atoms. The van der Waals surface area contributed by atoms with E-state index in [1.807, 2.05) is 18.2 Å².